The van der Waals surface area contributed by atoms with Crippen molar-refractivity contribution in [3.8, 4) is 0 Å². The van der Waals surface area contributed by atoms with Crippen molar-refractivity contribution in [2.24, 2.45) is 5.73 Å². The number of aromatic nitrogens is 1. The Bertz CT molecular complexity index is 239. The highest BCUT2D eigenvalue weighted by Crippen LogP contribution is 2.23. The fraction of sp³-hybridized carbons (Fsp3) is 0.600. The van der Waals surface area contributed by atoms with Crippen molar-refractivity contribution >= 4 is 0 Å². The Balaban J connectivity index is 1.99. The maximum absolute atomic E-state index is 6.06. The van der Waals surface area contributed by atoms with E-state index in [4.69, 9.17) is 10.5 Å². The lowest BCUT2D eigenvalue weighted by Gasteiger charge is -2.27. The van der Waals surface area contributed by atoms with E-state index in [2.05, 4.69) is 4.98 Å². The average molecular weight is 180 g/mol. The number of ether oxygens (including phenoxy) is 1. The standard InChI is InChI=1S/C10H16N2O/c11-10(8-4-3-6-12-8)9-5-1-2-7-13-9/h3-4,6,9-10,12H,1-2,5,7,11H2. The third-order valence-corrected chi connectivity index (χ3v) is 2.60. The van der Waals surface area contributed by atoms with Crippen molar-refractivity contribution in [2.75, 3.05) is 6.61 Å². The molecule has 1 aliphatic heterocycles. The van der Waals surface area contributed by atoms with E-state index >= 15 is 0 Å². The number of nitrogens with one attached hydrogen (secondary N) is 1. The third kappa shape index (κ3) is 1.92. The molecular weight excluding hydrogens is 164 g/mol. The summed E-state index contributed by atoms with van der Waals surface area (Å²) in [6.45, 7) is 0.860. The molecule has 1 fully saturated rings. The van der Waals surface area contributed by atoms with Gasteiger partial charge in [0.1, 0.15) is 0 Å². The Morgan fingerprint density at radius 1 is 1.54 bits per heavy atom. The SMILES string of the molecule is NC(c1ccc[nH]1)C1CCCCO1. The van der Waals surface area contributed by atoms with Crippen LogP contribution in [0.1, 0.15) is 31.0 Å². The highest BCUT2D eigenvalue weighted by Gasteiger charge is 2.22. The Morgan fingerprint density at radius 2 is 2.46 bits per heavy atom. The van der Waals surface area contributed by atoms with Gasteiger partial charge in [-0.2, -0.15) is 0 Å². The van der Waals surface area contributed by atoms with Crippen LogP contribution in [0.5, 0.6) is 0 Å². The molecule has 0 spiro atoms. The second-order valence-electron chi connectivity index (χ2n) is 3.56. The first-order chi connectivity index (χ1) is 6.38. The number of aromatic amines is 1. The van der Waals surface area contributed by atoms with Crippen LogP contribution in [0, 0.1) is 0 Å². The van der Waals surface area contributed by atoms with E-state index in [1.165, 1.54) is 12.8 Å². The van der Waals surface area contributed by atoms with Crippen LogP contribution in [0.3, 0.4) is 0 Å². The van der Waals surface area contributed by atoms with Gasteiger partial charge in [-0.3, -0.25) is 0 Å². The number of nitrogens with two attached hydrogens (primary N) is 1. The van der Waals surface area contributed by atoms with Gasteiger partial charge in [0, 0.05) is 18.5 Å². The molecule has 1 aromatic heterocycles. The van der Waals surface area contributed by atoms with Gasteiger partial charge in [-0.25, -0.2) is 0 Å². The normalized spacial score (nSPS) is 25.8. The van der Waals surface area contributed by atoms with Crippen molar-refractivity contribution in [3.05, 3.63) is 24.0 Å². The third-order valence-electron chi connectivity index (χ3n) is 2.60. The smallest absolute Gasteiger partial charge is 0.0782 e. The van der Waals surface area contributed by atoms with Gasteiger partial charge < -0.3 is 15.5 Å². The van der Waals surface area contributed by atoms with Gasteiger partial charge in [-0.15, -0.1) is 0 Å². The maximum Gasteiger partial charge on any atom is 0.0782 e. The summed E-state index contributed by atoms with van der Waals surface area (Å²) in [5, 5.41) is 0. The summed E-state index contributed by atoms with van der Waals surface area (Å²) >= 11 is 0. The van der Waals surface area contributed by atoms with Crippen LogP contribution in [0.4, 0.5) is 0 Å². The first-order valence-corrected chi connectivity index (χ1v) is 4.88. The summed E-state index contributed by atoms with van der Waals surface area (Å²) < 4.78 is 5.62. The van der Waals surface area contributed by atoms with Crippen LogP contribution in [0.2, 0.25) is 0 Å². The van der Waals surface area contributed by atoms with Gasteiger partial charge in [0.15, 0.2) is 0 Å². The molecule has 1 aromatic rings. The summed E-state index contributed by atoms with van der Waals surface area (Å²) in [5.74, 6) is 0. The summed E-state index contributed by atoms with van der Waals surface area (Å²) in [7, 11) is 0. The summed E-state index contributed by atoms with van der Waals surface area (Å²) in [4.78, 5) is 3.13. The zero-order valence-corrected chi connectivity index (χ0v) is 7.70. The van der Waals surface area contributed by atoms with E-state index in [9.17, 15) is 0 Å². The molecule has 1 aliphatic rings. The molecule has 72 valence electrons. The van der Waals surface area contributed by atoms with Gasteiger partial charge in [0.25, 0.3) is 0 Å². The topological polar surface area (TPSA) is 51.0 Å². The van der Waals surface area contributed by atoms with Crippen molar-refractivity contribution in [2.45, 2.75) is 31.4 Å². The molecule has 0 amide bonds. The molecule has 2 heterocycles. The molecule has 3 heteroatoms. The molecule has 0 aromatic carbocycles. The molecule has 2 unspecified atom stereocenters. The second kappa shape index (κ2) is 3.94. The number of rotatable bonds is 2. The zero-order chi connectivity index (χ0) is 9.10. The quantitative estimate of drug-likeness (QED) is 0.726. The molecule has 13 heavy (non-hydrogen) atoms. The van der Waals surface area contributed by atoms with Crippen LogP contribution in [0.25, 0.3) is 0 Å². The van der Waals surface area contributed by atoms with E-state index in [1.807, 2.05) is 18.3 Å². The van der Waals surface area contributed by atoms with E-state index in [-0.39, 0.29) is 12.1 Å². The molecule has 0 bridgehead atoms. The van der Waals surface area contributed by atoms with E-state index in [0.29, 0.717) is 0 Å². The summed E-state index contributed by atoms with van der Waals surface area (Å²) in [6, 6.07) is 4.00. The monoisotopic (exact) mass is 180 g/mol. The molecular formula is C10H16N2O. The molecule has 3 N–H and O–H groups in total. The lowest BCUT2D eigenvalue weighted by atomic mass is 10.0. The molecule has 0 aliphatic carbocycles. The maximum atomic E-state index is 6.06. The first kappa shape index (κ1) is 8.78. The Hall–Kier alpha value is -0.800. The van der Waals surface area contributed by atoms with Crippen LogP contribution in [-0.2, 0) is 4.74 Å². The molecule has 0 radical (unpaired) electrons. The first-order valence-electron chi connectivity index (χ1n) is 4.88. The van der Waals surface area contributed by atoms with Crippen LogP contribution in [0.15, 0.2) is 18.3 Å². The highest BCUT2D eigenvalue weighted by molar-refractivity contribution is 5.10. The average Bonchev–Trinajstić information content (AvgIpc) is 2.71. The minimum Gasteiger partial charge on any atom is -0.376 e. The van der Waals surface area contributed by atoms with Gasteiger partial charge >= 0.3 is 0 Å². The van der Waals surface area contributed by atoms with Crippen molar-refractivity contribution in [3.63, 3.8) is 0 Å². The van der Waals surface area contributed by atoms with E-state index < -0.39 is 0 Å². The van der Waals surface area contributed by atoms with E-state index in [0.717, 1.165) is 18.7 Å². The number of H-pyrrole nitrogens is 1. The van der Waals surface area contributed by atoms with Crippen molar-refractivity contribution < 1.29 is 4.74 Å². The highest BCUT2D eigenvalue weighted by atomic mass is 16.5. The lowest BCUT2D eigenvalue weighted by molar-refractivity contribution is -0.000667. The minimum atomic E-state index is 0.00954. The summed E-state index contributed by atoms with van der Waals surface area (Å²) in [6.07, 6.45) is 5.60. The largest absolute Gasteiger partial charge is 0.376 e. The number of hydrogen-bond donors (Lipinski definition) is 2. The molecule has 3 nitrogen and oxygen atoms in total. The predicted molar refractivity (Wildman–Crippen MR) is 51.3 cm³/mol. The molecule has 2 rings (SSSR count). The van der Waals surface area contributed by atoms with Crippen LogP contribution < -0.4 is 5.73 Å². The Labute approximate surface area is 78.3 Å². The van der Waals surface area contributed by atoms with Gasteiger partial charge in [-0.1, -0.05) is 0 Å². The van der Waals surface area contributed by atoms with Crippen LogP contribution >= 0.6 is 0 Å². The molecule has 2 atom stereocenters. The van der Waals surface area contributed by atoms with Gasteiger partial charge in [0.2, 0.25) is 0 Å². The zero-order valence-electron chi connectivity index (χ0n) is 7.70. The van der Waals surface area contributed by atoms with E-state index in [1.54, 1.807) is 0 Å². The minimum absolute atomic E-state index is 0.00954. The molecule has 0 saturated carbocycles. The Morgan fingerprint density at radius 3 is 3.08 bits per heavy atom. The van der Waals surface area contributed by atoms with Crippen LogP contribution in [-0.4, -0.2) is 17.7 Å². The number of hydrogen-bond acceptors (Lipinski definition) is 2. The predicted octanol–water partition coefficient (Wildman–Crippen LogP) is 1.58. The van der Waals surface area contributed by atoms with Crippen molar-refractivity contribution in [1.29, 1.82) is 0 Å². The molecule has 1 saturated heterocycles. The Kier molecular flexibility index (Phi) is 2.66. The fourth-order valence-electron chi connectivity index (χ4n) is 1.80. The van der Waals surface area contributed by atoms with Gasteiger partial charge in [0.05, 0.1) is 12.1 Å². The fourth-order valence-corrected chi connectivity index (χ4v) is 1.80. The summed E-state index contributed by atoms with van der Waals surface area (Å²) in [5.41, 5.74) is 7.13. The van der Waals surface area contributed by atoms with Gasteiger partial charge in [-0.05, 0) is 31.4 Å². The van der Waals surface area contributed by atoms with Crippen molar-refractivity contribution in [1.82, 2.24) is 4.98 Å². The second-order valence-corrected chi connectivity index (χ2v) is 3.56. The lowest BCUT2D eigenvalue weighted by Crippen LogP contribution is -2.32.